The highest BCUT2D eigenvalue weighted by atomic mass is 32.2. The molecule has 0 unspecified atom stereocenters. The van der Waals surface area contributed by atoms with Gasteiger partial charge in [-0.25, -0.2) is 0 Å². The first-order valence-electron chi connectivity index (χ1n) is 6.78. The fraction of sp³-hybridized carbons (Fsp3) is 0. The number of hydrogen-bond acceptors (Lipinski definition) is 6. The lowest BCUT2D eigenvalue weighted by Crippen LogP contribution is -2.27. The van der Waals surface area contributed by atoms with Crippen LogP contribution in [0.3, 0.4) is 0 Å². The van der Waals surface area contributed by atoms with Gasteiger partial charge in [0.15, 0.2) is 4.32 Å². The van der Waals surface area contributed by atoms with Crippen molar-refractivity contribution in [2.75, 3.05) is 4.90 Å². The average Bonchev–Trinajstić information content (AvgIpc) is 2.81. The van der Waals surface area contributed by atoms with Gasteiger partial charge in [-0.2, -0.15) is 0 Å². The monoisotopic (exact) mass is 358 g/mol. The summed E-state index contributed by atoms with van der Waals surface area (Å²) in [6.45, 7) is 0. The number of benzene rings is 2. The molecule has 2 aromatic rings. The van der Waals surface area contributed by atoms with E-state index < -0.39 is 4.92 Å². The molecule has 1 fully saturated rings. The van der Waals surface area contributed by atoms with Crippen LogP contribution >= 0.6 is 24.0 Å². The molecular formula is C16H10N2O4S2. The summed E-state index contributed by atoms with van der Waals surface area (Å²) in [6.07, 6.45) is 1.46. The lowest BCUT2D eigenvalue weighted by molar-refractivity contribution is -0.385. The van der Waals surface area contributed by atoms with E-state index in [1.165, 1.54) is 29.2 Å². The van der Waals surface area contributed by atoms with E-state index in [9.17, 15) is 20.0 Å². The second-order valence-corrected chi connectivity index (χ2v) is 6.53. The zero-order chi connectivity index (χ0) is 17.3. The third-order valence-electron chi connectivity index (χ3n) is 3.30. The Morgan fingerprint density at radius 1 is 1.21 bits per heavy atom. The Kier molecular flexibility index (Phi) is 4.32. The van der Waals surface area contributed by atoms with E-state index in [-0.39, 0.29) is 22.2 Å². The maximum Gasteiger partial charge on any atom is 0.276 e. The molecule has 0 bridgehead atoms. The number of nitrogens with zero attached hydrogens (tertiary/aromatic N) is 2. The molecule has 3 rings (SSSR count). The molecular weight excluding hydrogens is 348 g/mol. The highest BCUT2D eigenvalue weighted by Crippen LogP contribution is 2.37. The lowest BCUT2D eigenvalue weighted by Gasteiger charge is -2.14. The number of hydrogen-bond donors (Lipinski definition) is 1. The highest BCUT2D eigenvalue weighted by Gasteiger charge is 2.33. The summed E-state index contributed by atoms with van der Waals surface area (Å²) in [7, 11) is 0. The number of amides is 1. The number of nitro benzene ring substituents is 1. The zero-order valence-corrected chi connectivity index (χ0v) is 13.7. The molecule has 0 saturated carbocycles. The number of phenolic OH excluding ortho intramolecular Hbond substituents is 1. The number of para-hydroxylation sites is 1. The van der Waals surface area contributed by atoms with E-state index in [1.807, 2.05) is 0 Å². The molecule has 1 aliphatic rings. The second kappa shape index (κ2) is 6.42. The van der Waals surface area contributed by atoms with Crippen molar-refractivity contribution in [3.05, 3.63) is 69.1 Å². The molecule has 1 N–H and O–H groups in total. The third kappa shape index (κ3) is 3.01. The predicted octanol–water partition coefficient (Wildman–Crippen LogP) is 3.71. The van der Waals surface area contributed by atoms with Gasteiger partial charge < -0.3 is 5.11 Å². The molecule has 1 aliphatic heterocycles. The molecule has 0 aliphatic carbocycles. The van der Waals surface area contributed by atoms with Crippen molar-refractivity contribution in [2.24, 2.45) is 0 Å². The predicted molar refractivity (Wildman–Crippen MR) is 96.9 cm³/mol. The Bertz CT molecular complexity index is 895. The van der Waals surface area contributed by atoms with Crippen molar-refractivity contribution in [1.29, 1.82) is 0 Å². The standard InChI is InChI=1S/C16H10N2O4S2/c19-12-6-3-5-11(9-12)17-15(20)14(24-16(17)23)8-10-4-1-2-7-13(10)18(21)22/h1-9,19H. The van der Waals surface area contributed by atoms with E-state index in [0.29, 0.717) is 15.6 Å². The minimum Gasteiger partial charge on any atom is -0.508 e. The fourth-order valence-electron chi connectivity index (χ4n) is 2.24. The van der Waals surface area contributed by atoms with Gasteiger partial charge in [-0.3, -0.25) is 19.8 Å². The van der Waals surface area contributed by atoms with Crippen LogP contribution < -0.4 is 4.90 Å². The van der Waals surface area contributed by atoms with Crippen LogP contribution in [0.5, 0.6) is 5.75 Å². The average molecular weight is 358 g/mol. The van der Waals surface area contributed by atoms with E-state index in [0.717, 1.165) is 11.8 Å². The van der Waals surface area contributed by atoms with Crippen LogP contribution in [-0.4, -0.2) is 20.3 Å². The van der Waals surface area contributed by atoms with Crippen molar-refractivity contribution in [3.63, 3.8) is 0 Å². The molecule has 1 amide bonds. The van der Waals surface area contributed by atoms with Crippen molar-refractivity contribution in [3.8, 4) is 5.75 Å². The smallest absolute Gasteiger partial charge is 0.276 e. The lowest BCUT2D eigenvalue weighted by atomic mass is 10.1. The van der Waals surface area contributed by atoms with Crippen LogP contribution in [0.15, 0.2) is 53.4 Å². The highest BCUT2D eigenvalue weighted by molar-refractivity contribution is 8.27. The van der Waals surface area contributed by atoms with E-state index in [1.54, 1.807) is 30.3 Å². The van der Waals surface area contributed by atoms with Crippen LogP contribution in [0.1, 0.15) is 5.56 Å². The largest absolute Gasteiger partial charge is 0.508 e. The van der Waals surface area contributed by atoms with Gasteiger partial charge in [-0.15, -0.1) is 0 Å². The normalized spacial score (nSPS) is 16.0. The number of carbonyl (C=O) groups excluding carboxylic acids is 1. The first-order valence-corrected chi connectivity index (χ1v) is 8.00. The Labute approximate surface area is 146 Å². The molecule has 24 heavy (non-hydrogen) atoms. The Morgan fingerprint density at radius 3 is 2.67 bits per heavy atom. The first kappa shape index (κ1) is 16.2. The number of nitro groups is 1. The third-order valence-corrected chi connectivity index (χ3v) is 4.60. The summed E-state index contributed by atoms with van der Waals surface area (Å²) < 4.78 is 0.301. The molecule has 120 valence electrons. The van der Waals surface area contributed by atoms with Gasteiger partial charge in [0.05, 0.1) is 21.1 Å². The molecule has 0 radical (unpaired) electrons. The second-order valence-electron chi connectivity index (χ2n) is 4.85. The van der Waals surface area contributed by atoms with Crippen LogP contribution in [0, 0.1) is 10.1 Å². The van der Waals surface area contributed by atoms with Crippen molar-refractivity contribution in [2.45, 2.75) is 0 Å². The zero-order valence-electron chi connectivity index (χ0n) is 12.1. The molecule has 1 heterocycles. The molecule has 8 heteroatoms. The maximum absolute atomic E-state index is 12.6. The van der Waals surface area contributed by atoms with Crippen molar-refractivity contribution < 1.29 is 14.8 Å². The number of anilines is 1. The number of thiocarbonyl (C=S) groups is 1. The van der Waals surface area contributed by atoms with Crippen LogP contribution in [0.25, 0.3) is 6.08 Å². The molecule has 6 nitrogen and oxygen atoms in total. The minimum absolute atomic E-state index is 0.0178. The van der Waals surface area contributed by atoms with E-state index >= 15 is 0 Å². The van der Waals surface area contributed by atoms with E-state index in [4.69, 9.17) is 12.2 Å². The fourth-order valence-corrected chi connectivity index (χ4v) is 3.53. The molecule has 1 saturated heterocycles. The summed E-state index contributed by atoms with van der Waals surface area (Å²) in [6, 6.07) is 12.3. The first-order chi connectivity index (χ1) is 11.5. The van der Waals surface area contributed by atoms with Crippen LogP contribution in [0.4, 0.5) is 11.4 Å². The number of thioether (sulfide) groups is 1. The molecule has 0 atom stereocenters. The number of carbonyl (C=O) groups is 1. The van der Waals surface area contributed by atoms with Gasteiger partial charge in [0.25, 0.3) is 11.6 Å². The van der Waals surface area contributed by atoms with Crippen molar-refractivity contribution >= 4 is 51.7 Å². The van der Waals surface area contributed by atoms with Crippen LogP contribution in [-0.2, 0) is 4.79 Å². The maximum atomic E-state index is 12.6. The molecule has 0 aromatic heterocycles. The Hall–Kier alpha value is -2.71. The summed E-state index contributed by atoms with van der Waals surface area (Å²) in [4.78, 5) is 24.8. The topological polar surface area (TPSA) is 83.7 Å². The van der Waals surface area contributed by atoms with Gasteiger partial charge in [-0.05, 0) is 24.3 Å². The number of rotatable bonds is 3. The summed E-state index contributed by atoms with van der Waals surface area (Å²) in [5.74, 6) is -0.363. The minimum atomic E-state index is -0.498. The number of phenols is 1. The van der Waals surface area contributed by atoms with Gasteiger partial charge in [0, 0.05) is 12.1 Å². The molecule has 2 aromatic carbocycles. The number of aromatic hydroxyl groups is 1. The molecule has 0 spiro atoms. The quantitative estimate of drug-likeness (QED) is 0.390. The van der Waals surface area contributed by atoms with Gasteiger partial charge in [0.1, 0.15) is 5.75 Å². The van der Waals surface area contributed by atoms with E-state index in [2.05, 4.69) is 0 Å². The van der Waals surface area contributed by atoms with Gasteiger partial charge >= 0.3 is 0 Å². The Morgan fingerprint density at radius 2 is 1.96 bits per heavy atom. The summed E-state index contributed by atoms with van der Waals surface area (Å²) in [5.41, 5.74) is 0.697. The Balaban J connectivity index is 1.99. The summed E-state index contributed by atoms with van der Waals surface area (Å²) in [5, 5.41) is 20.7. The van der Waals surface area contributed by atoms with Gasteiger partial charge in [0.2, 0.25) is 0 Å². The van der Waals surface area contributed by atoms with Crippen LogP contribution in [0.2, 0.25) is 0 Å². The summed E-state index contributed by atoms with van der Waals surface area (Å²) >= 11 is 6.29. The SMILES string of the molecule is O=C1C(=Cc2ccccc2[N+](=O)[O-])SC(=S)N1c1cccc(O)c1. The van der Waals surface area contributed by atoms with Crippen molar-refractivity contribution in [1.82, 2.24) is 0 Å². The van der Waals surface area contributed by atoms with Gasteiger partial charge in [-0.1, -0.05) is 42.2 Å².